The summed E-state index contributed by atoms with van der Waals surface area (Å²) in [4.78, 5) is 23.0. The molecule has 0 aliphatic carbocycles. The van der Waals surface area contributed by atoms with E-state index in [0.717, 1.165) is 6.42 Å². The number of hydrogen-bond acceptors (Lipinski definition) is 4. The predicted octanol–water partition coefficient (Wildman–Crippen LogP) is 1.86. The van der Waals surface area contributed by atoms with Crippen LogP contribution in [0.15, 0.2) is 29.2 Å². The van der Waals surface area contributed by atoms with Gasteiger partial charge in [0.05, 0.1) is 4.90 Å². The highest BCUT2D eigenvalue weighted by molar-refractivity contribution is 7.89. The standard InChI is InChI=1S/C17H27N3O4S/c1-5-10-18-17(22)11-16(12(2)3)20-25(23,24)15-8-6-14(7-9-15)19-13(4)21/h6-9,12,16,20H,5,10-11H2,1-4H3,(H,18,22)(H,19,21)/t16-/m1/s1. The Morgan fingerprint density at radius 3 is 2.20 bits per heavy atom. The molecule has 7 nitrogen and oxygen atoms in total. The summed E-state index contributed by atoms with van der Waals surface area (Å²) >= 11 is 0. The first-order chi connectivity index (χ1) is 11.7. The third kappa shape index (κ3) is 7.23. The molecule has 1 aromatic carbocycles. The molecule has 3 N–H and O–H groups in total. The molecular formula is C17H27N3O4S. The average molecular weight is 369 g/mol. The zero-order valence-corrected chi connectivity index (χ0v) is 15.9. The molecule has 0 unspecified atom stereocenters. The van der Waals surface area contributed by atoms with E-state index in [0.29, 0.717) is 12.2 Å². The van der Waals surface area contributed by atoms with Crippen molar-refractivity contribution in [3.05, 3.63) is 24.3 Å². The van der Waals surface area contributed by atoms with Crippen molar-refractivity contribution in [2.75, 3.05) is 11.9 Å². The van der Waals surface area contributed by atoms with Crippen LogP contribution in [-0.2, 0) is 19.6 Å². The molecule has 8 heteroatoms. The van der Waals surface area contributed by atoms with E-state index in [1.54, 1.807) is 0 Å². The van der Waals surface area contributed by atoms with Gasteiger partial charge >= 0.3 is 0 Å². The Hall–Kier alpha value is -1.93. The van der Waals surface area contributed by atoms with Crippen molar-refractivity contribution in [3.63, 3.8) is 0 Å². The second kappa shape index (κ2) is 9.53. The Labute approximate surface area is 149 Å². The minimum absolute atomic E-state index is 0.0409. The molecule has 0 fully saturated rings. The van der Waals surface area contributed by atoms with Gasteiger partial charge in [-0.25, -0.2) is 13.1 Å². The lowest BCUT2D eigenvalue weighted by Gasteiger charge is -2.22. The number of sulfonamides is 1. The molecule has 0 aliphatic heterocycles. The molecular weight excluding hydrogens is 342 g/mol. The average Bonchev–Trinajstić information content (AvgIpc) is 2.52. The summed E-state index contributed by atoms with van der Waals surface area (Å²) in [5.74, 6) is -0.447. The zero-order chi connectivity index (χ0) is 19.0. The number of carbonyl (C=O) groups excluding carboxylic acids is 2. The van der Waals surface area contributed by atoms with E-state index in [2.05, 4.69) is 15.4 Å². The van der Waals surface area contributed by atoms with Crippen LogP contribution in [0.25, 0.3) is 0 Å². The van der Waals surface area contributed by atoms with Crippen molar-refractivity contribution >= 4 is 27.5 Å². The largest absolute Gasteiger partial charge is 0.356 e. The summed E-state index contributed by atoms with van der Waals surface area (Å²) < 4.78 is 27.7. The molecule has 2 amide bonds. The van der Waals surface area contributed by atoms with Crippen LogP contribution < -0.4 is 15.4 Å². The fourth-order valence-electron chi connectivity index (χ4n) is 2.14. The van der Waals surface area contributed by atoms with Gasteiger partial charge in [0.15, 0.2) is 0 Å². The van der Waals surface area contributed by atoms with E-state index in [9.17, 15) is 18.0 Å². The molecule has 0 bridgehead atoms. The van der Waals surface area contributed by atoms with E-state index in [1.165, 1.54) is 31.2 Å². The topological polar surface area (TPSA) is 104 Å². The number of amides is 2. The van der Waals surface area contributed by atoms with E-state index in [-0.39, 0.29) is 29.0 Å². The van der Waals surface area contributed by atoms with Gasteiger partial charge in [-0.2, -0.15) is 0 Å². The molecule has 140 valence electrons. The molecule has 0 heterocycles. The number of hydrogen-bond donors (Lipinski definition) is 3. The van der Waals surface area contributed by atoms with Crippen LogP contribution in [0, 0.1) is 5.92 Å². The summed E-state index contributed by atoms with van der Waals surface area (Å²) in [5, 5.41) is 5.34. The highest BCUT2D eigenvalue weighted by Crippen LogP contribution is 2.16. The van der Waals surface area contributed by atoms with Gasteiger partial charge in [0.25, 0.3) is 0 Å². The Morgan fingerprint density at radius 2 is 1.72 bits per heavy atom. The molecule has 1 atom stereocenters. The van der Waals surface area contributed by atoms with Crippen molar-refractivity contribution in [2.24, 2.45) is 5.92 Å². The van der Waals surface area contributed by atoms with Crippen LogP contribution in [0.2, 0.25) is 0 Å². The van der Waals surface area contributed by atoms with Crippen molar-refractivity contribution in [2.45, 2.75) is 51.5 Å². The maximum Gasteiger partial charge on any atom is 0.240 e. The third-order valence-electron chi connectivity index (χ3n) is 3.57. The second-order valence-corrected chi connectivity index (χ2v) is 7.95. The van der Waals surface area contributed by atoms with Crippen LogP contribution >= 0.6 is 0 Å². The number of rotatable bonds is 9. The SMILES string of the molecule is CCCNC(=O)C[C@@H](NS(=O)(=O)c1ccc(NC(C)=O)cc1)C(C)C. The number of nitrogens with one attached hydrogen (secondary N) is 3. The highest BCUT2D eigenvalue weighted by atomic mass is 32.2. The lowest BCUT2D eigenvalue weighted by molar-refractivity contribution is -0.121. The Morgan fingerprint density at radius 1 is 1.12 bits per heavy atom. The first-order valence-electron chi connectivity index (χ1n) is 8.32. The van der Waals surface area contributed by atoms with Gasteiger partial charge in [0, 0.05) is 31.6 Å². The van der Waals surface area contributed by atoms with Gasteiger partial charge in [-0.15, -0.1) is 0 Å². The van der Waals surface area contributed by atoms with Crippen LogP contribution in [0.4, 0.5) is 5.69 Å². The first kappa shape index (κ1) is 21.1. The van der Waals surface area contributed by atoms with Crippen LogP contribution in [0.3, 0.4) is 0 Å². The number of carbonyl (C=O) groups is 2. The van der Waals surface area contributed by atoms with Gasteiger partial charge in [-0.3, -0.25) is 9.59 Å². The first-order valence-corrected chi connectivity index (χ1v) is 9.80. The molecule has 25 heavy (non-hydrogen) atoms. The van der Waals surface area contributed by atoms with Gasteiger partial charge in [-0.05, 0) is 36.6 Å². The maximum absolute atomic E-state index is 12.5. The van der Waals surface area contributed by atoms with Crippen LogP contribution in [0.5, 0.6) is 0 Å². The van der Waals surface area contributed by atoms with Gasteiger partial charge in [-0.1, -0.05) is 20.8 Å². The molecule has 0 spiro atoms. The number of anilines is 1. The molecule has 0 saturated heterocycles. The van der Waals surface area contributed by atoms with E-state index < -0.39 is 16.1 Å². The lowest BCUT2D eigenvalue weighted by Crippen LogP contribution is -2.42. The van der Waals surface area contributed by atoms with Crippen molar-refractivity contribution in [3.8, 4) is 0 Å². The Bertz CT molecular complexity index is 684. The monoisotopic (exact) mass is 369 g/mol. The molecule has 0 saturated carbocycles. The van der Waals surface area contributed by atoms with Crippen molar-refractivity contribution in [1.82, 2.24) is 10.0 Å². The number of benzene rings is 1. The molecule has 0 aliphatic rings. The van der Waals surface area contributed by atoms with E-state index >= 15 is 0 Å². The van der Waals surface area contributed by atoms with E-state index in [4.69, 9.17) is 0 Å². The smallest absolute Gasteiger partial charge is 0.240 e. The highest BCUT2D eigenvalue weighted by Gasteiger charge is 2.24. The van der Waals surface area contributed by atoms with Gasteiger partial charge in [0.1, 0.15) is 0 Å². The summed E-state index contributed by atoms with van der Waals surface area (Å²) in [6.07, 6.45) is 0.908. The Kier molecular flexibility index (Phi) is 8.05. The molecule has 1 rings (SSSR count). The molecule has 0 radical (unpaired) electrons. The van der Waals surface area contributed by atoms with Gasteiger partial charge in [0.2, 0.25) is 21.8 Å². The molecule has 1 aromatic rings. The summed E-state index contributed by atoms with van der Waals surface area (Å²) in [7, 11) is -3.76. The summed E-state index contributed by atoms with van der Waals surface area (Å²) in [5.41, 5.74) is 0.519. The van der Waals surface area contributed by atoms with Crippen molar-refractivity contribution in [1.29, 1.82) is 0 Å². The minimum atomic E-state index is -3.76. The molecule has 0 aromatic heterocycles. The van der Waals surface area contributed by atoms with E-state index in [1.807, 2.05) is 20.8 Å². The third-order valence-corrected chi connectivity index (χ3v) is 5.08. The summed E-state index contributed by atoms with van der Waals surface area (Å²) in [6.45, 7) is 7.62. The van der Waals surface area contributed by atoms with Crippen LogP contribution in [0.1, 0.15) is 40.5 Å². The summed E-state index contributed by atoms with van der Waals surface area (Å²) in [6, 6.07) is 5.38. The normalized spacial score (nSPS) is 12.7. The van der Waals surface area contributed by atoms with Crippen LogP contribution in [-0.4, -0.2) is 32.8 Å². The Balaban J connectivity index is 2.84. The second-order valence-electron chi connectivity index (χ2n) is 6.23. The van der Waals surface area contributed by atoms with Gasteiger partial charge < -0.3 is 10.6 Å². The minimum Gasteiger partial charge on any atom is -0.356 e. The quantitative estimate of drug-likeness (QED) is 0.618. The zero-order valence-electron chi connectivity index (χ0n) is 15.1. The fraction of sp³-hybridized carbons (Fsp3) is 0.529. The predicted molar refractivity (Wildman–Crippen MR) is 97.6 cm³/mol. The fourth-order valence-corrected chi connectivity index (χ4v) is 3.52. The lowest BCUT2D eigenvalue weighted by atomic mass is 10.0. The van der Waals surface area contributed by atoms with Crippen molar-refractivity contribution < 1.29 is 18.0 Å². The maximum atomic E-state index is 12.5.